The Labute approximate surface area is 273 Å². The quantitative estimate of drug-likeness (QED) is 0.0634. The summed E-state index contributed by atoms with van der Waals surface area (Å²) in [5, 5.41) is 42.0. The van der Waals surface area contributed by atoms with Crippen molar-refractivity contribution in [1.29, 1.82) is 0 Å². The number of aliphatic hydroxyl groups is 4. The van der Waals surface area contributed by atoms with Crippen molar-refractivity contribution < 1.29 is 39.4 Å². The zero-order valence-corrected chi connectivity index (χ0v) is 28.5. The first-order valence-electron chi connectivity index (χ1n) is 18.7. The van der Waals surface area contributed by atoms with Gasteiger partial charge in [0.2, 0.25) is 0 Å². The second-order valence-corrected chi connectivity index (χ2v) is 14.2. The normalized spacial score (nSPS) is 27.8. The number of carbonyl (C=O) groups excluding carboxylic acids is 1. The molecule has 4 N–H and O–H groups in total. The number of carbonyl (C=O) groups is 1. The van der Waals surface area contributed by atoms with Gasteiger partial charge in [0.05, 0.1) is 48.8 Å². The number of rotatable bonds is 25. The molecule has 8 heteroatoms. The minimum absolute atomic E-state index is 0.0198. The lowest BCUT2D eigenvalue weighted by molar-refractivity contribution is -0.139. The average molecular weight is 639 g/mol. The van der Waals surface area contributed by atoms with Crippen molar-refractivity contribution in [3.05, 3.63) is 11.6 Å². The molecule has 45 heavy (non-hydrogen) atoms. The third-order valence-corrected chi connectivity index (χ3v) is 10.1. The van der Waals surface area contributed by atoms with Gasteiger partial charge in [0.15, 0.2) is 0 Å². The van der Waals surface area contributed by atoms with E-state index in [-0.39, 0.29) is 48.7 Å². The molecule has 0 aromatic carbocycles. The van der Waals surface area contributed by atoms with Gasteiger partial charge in [-0.25, -0.2) is 4.79 Å². The van der Waals surface area contributed by atoms with Crippen molar-refractivity contribution >= 4 is 5.97 Å². The van der Waals surface area contributed by atoms with Crippen molar-refractivity contribution in [3.63, 3.8) is 0 Å². The van der Waals surface area contributed by atoms with Crippen LogP contribution in [0.3, 0.4) is 0 Å². The predicted molar refractivity (Wildman–Crippen MR) is 177 cm³/mol. The van der Waals surface area contributed by atoms with Crippen LogP contribution in [0.5, 0.6) is 0 Å². The van der Waals surface area contributed by atoms with Crippen molar-refractivity contribution in [1.82, 2.24) is 0 Å². The van der Waals surface area contributed by atoms with Crippen molar-refractivity contribution in [2.24, 2.45) is 0 Å². The molecule has 3 heterocycles. The van der Waals surface area contributed by atoms with E-state index in [0.29, 0.717) is 12.8 Å². The van der Waals surface area contributed by atoms with E-state index < -0.39 is 12.2 Å². The smallest absolute Gasteiger partial charge is 0.334 e. The summed E-state index contributed by atoms with van der Waals surface area (Å²) in [6, 6.07) is 0. The summed E-state index contributed by atoms with van der Waals surface area (Å²) in [5.74, 6) is -0.158. The molecular weight excluding hydrogens is 572 g/mol. The third kappa shape index (κ3) is 14.7. The van der Waals surface area contributed by atoms with Crippen LogP contribution in [0.4, 0.5) is 0 Å². The molecule has 0 aromatic rings. The molecular formula is C37H66O8. The maximum absolute atomic E-state index is 11.6. The van der Waals surface area contributed by atoms with E-state index in [9.17, 15) is 25.2 Å². The predicted octanol–water partition coefficient (Wildman–Crippen LogP) is 6.83. The Kier molecular flexibility index (Phi) is 18.6. The summed E-state index contributed by atoms with van der Waals surface area (Å²) in [4.78, 5) is 11.6. The zero-order valence-electron chi connectivity index (χ0n) is 28.5. The molecule has 0 bridgehead atoms. The maximum Gasteiger partial charge on any atom is 0.334 e. The van der Waals surface area contributed by atoms with Crippen LogP contribution in [0.15, 0.2) is 11.6 Å². The van der Waals surface area contributed by atoms with Gasteiger partial charge in [-0.05, 0) is 96.5 Å². The van der Waals surface area contributed by atoms with Gasteiger partial charge in [-0.1, -0.05) is 71.1 Å². The summed E-state index contributed by atoms with van der Waals surface area (Å²) in [7, 11) is 0. The molecule has 0 aliphatic carbocycles. The number of aliphatic hydroxyl groups excluding tert-OH is 4. The molecule has 2 fully saturated rings. The van der Waals surface area contributed by atoms with E-state index in [1.807, 2.05) is 13.0 Å². The van der Waals surface area contributed by atoms with Crippen LogP contribution in [0.1, 0.15) is 162 Å². The molecule has 0 radical (unpaired) electrons. The second-order valence-electron chi connectivity index (χ2n) is 14.2. The molecule has 0 unspecified atom stereocenters. The monoisotopic (exact) mass is 638 g/mol. The third-order valence-electron chi connectivity index (χ3n) is 10.1. The van der Waals surface area contributed by atoms with Crippen LogP contribution in [0.2, 0.25) is 0 Å². The summed E-state index contributed by atoms with van der Waals surface area (Å²) >= 11 is 0. The standard InChI is InChI=1S/C37H66O8/c1-3-4-5-10-16-30(39)19-14-21-32(41)34-23-25-36(45-34)35-24-22-33(44-35)31(40)20-13-12-18-29(38)17-11-8-6-7-9-15-28-26-27(2)43-37(28)42/h26-27,29-36,38-41H,3-25H2,1-2H3/t27-,29+,30-,31+,32-,33+,34+,35+,36+/m0/s1. The molecule has 0 spiro atoms. The Morgan fingerprint density at radius 2 is 1.11 bits per heavy atom. The molecule has 3 aliphatic rings. The SMILES string of the molecule is CCCCCC[C@H](O)CCC[C@H](O)[C@H]1CC[C@H]([C@H]2CC[C@H]([C@H](O)CCCC[C@H](O)CCCCCCCC3=C[C@H](C)OC3=O)O2)O1. The van der Waals surface area contributed by atoms with E-state index in [1.165, 1.54) is 19.3 Å². The van der Waals surface area contributed by atoms with Gasteiger partial charge in [0, 0.05) is 5.57 Å². The van der Waals surface area contributed by atoms with Crippen LogP contribution in [0.25, 0.3) is 0 Å². The van der Waals surface area contributed by atoms with Crippen LogP contribution in [0, 0.1) is 0 Å². The van der Waals surface area contributed by atoms with Crippen molar-refractivity contribution in [2.45, 2.75) is 216 Å². The Balaban J connectivity index is 1.16. The van der Waals surface area contributed by atoms with Gasteiger partial charge < -0.3 is 34.6 Å². The number of ether oxygens (including phenoxy) is 3. The van der Waals surface area contributed by atoms with Crippen LogP contribution in [-0.2, 0) is 19.0 Å². The molecule has 262 valence electrons. The molecule has 9 atom stereocenters. The first-order valence-corrected chi connectivity index (χ1v) is 18.7. The van der Waals surface area contributed by atoms with Gasteiger partial charge in [-0.2, -0.15) is 0 Å². The maximum atomic E-state index is 11.6. The second kappa shape index (κ2) is 21.8. The van der Waals surface area contributed by atoms with Crippen molar-refractivity contribution in [3.8, 4) is 0 Å². The first-order chi connectivity index (χ1) is 21.8. The van der Waals surface area contributed by atoms with Gasteiger partial charge in [-0.3, -0.25) is 0 Å². The lowest BCUT2D eigenvalue weighted by Gasteiger charge is -2.24. The van der Waals surface area contributed by atoms with Crippen LogP contribution in [-0.4, -0.2) is 81.3 Å². The average Bonchev–Trinajstić information content (AvgIpc) is 3.77. The van der Waals surface area contributed by atoms with Gasteiger partial charge in [0.25, 0.3) is 0 Å². The minimum atomic E-state index is -0.502. The Morgan fingerprint density at radius 1 is 0.644 bits per heavy atom. The number of unbranched alkanes of at least 4 members (excludes halogenated alkanes) is 8. The Hall–Kier alpha value is -1.03. The topological polar surface area (TPSA) is 126 Å². The highest BCUT2D eigenvalue weighted by Gasteiger charge is 2.40. The number of esters is 1. The highest BCUT2D eigenvalue weighted by atomic mass is 16.6. The molecule has 2 saturated heterocycles. The fourth-order valence-corrected chi connectivity index (χ4v) is 7.30. The fourth-order valence-electron chi connectivity index (χ4n) is 7.30. The number of hydrogen-bond acceptors (Lipinski definition) is 8. The Morgan fingerprint density at radius 3 is 1.67 bits per heavy atom. The van der Waals surface area contributed by atoms with Gasteiger partial charge >= 0.3 is 5.97 Å². The number of cyclic esters (lactones) is 1. The molecule has 3 rings (SSSR count). The summed E-state index contributed by atoms with van der Waals surface area (Å²) < 4.78 is 17.6. The minimum Gasteiger partial charge on any atom is -0.455 e. The lowest BCUT2D eigenvalue weighted by Crippen LogP contribution is -2.33. The largest absolute Gasteiger partial charge is 0.455 e. The summed E-state index contributed by atoms with van der Waals surface area (Å²) in [6.45, 7) is 4.08. The molecule has 0 amide bonds. The molecule has 8 nitrogen and oxygen atoms in total. The summed E-state index contributed by atoms with van der Waals surface area (Å²) in [6.07, 6.45) is 21.3. The van der Waals surface area contributed by atoms with E-state index in [1.54, 1.807) is 0 Å². The van der Waals surface area contributed by atoms with Gasteiger partial charge in [-0.15, -0.1) is 0 Å². The molecule has 0 saturated carbocycles. The van der Waals surface area contributed by atoms with E-state index in [0.717, 1.165) is 121 Å². The van der Waals surface area contributed by atoms with E-state index >= 15 is 0 Å². The highest BCUT2D eigenvalue weighted by molar-refractivity contribution is 5.90. The Bertz CT molecular complexity index is 833. The molecule has 3 aliphatic heterocycles. The van der Waals surface area contributed by atoms with E-state index in [2.05, 4.69) is 6.92 Å². The highest BCUT2D eigenvalue weighted by Crippen LogP contribution is 2.34. The lowest BCUT2D eigenvalue weighted by atomic mass is 9.99. The van der Waals surface area contributed by atoms with Crippen LogP contribution >= 0.6 is 0 Å². The van der Waals surface area contributed by atoms with Gasteiger partial charge in [0.1, 0.15) is 6.10 Å². The summed E-state index contributed by atoms with van der Waals surface area (Å²) in [5.41, 5.74) is 0.822. The zero-order chi connectivity index (χ0) is 32.4. The van der Waals surface area contributed by atoms with E-state index in [4.69, 9.17) is 14.2 Å². The van der Waals surface area contributed by atoms with Crippen LogP contribution < -0.4 is 0 Å². The number of hydrogen-bond donors (Lipinski definition) is 4. The van der Waals surface area contributed by atoms with Crippen molar-refractivity contribution in [2.75, 3.05) is 0 Å². The fraction of sp³-hybridized carbons (Fsp3) is 0.919. The first kappa shape index (κ1) is 38.4. The molecule has 0 aromatic heterocycles.